The molecule has 1 rings (SSSR count). The molecule has 0 aliphatic heterocycles. The Labute approximate surface area is 86.1 Å². The molecule has 1 aromatic rings. The van der Waals surface area contributed by atoms with Gasteiger partial charge in [-0.1, -0.05) is 0 Å². The molecule has 0 aliphatic rings. The van der Waals surface area contributed by atoms with Crippen LogP contribution in [0.2, 0.25) is 0 Å². The second-order valence-electron chi connectivity index (χ2n) is 2.66. The van der Waals surface area contributed by atoms with Crippen LogP contribution in [0.15, 0.2) is 30.3 Å². The van der Waals surface area contributed by atoms with Gasteiger partial charge >= 0.3 is 86.1 Å². The van der Waals surface area contributed by atoms with Crippen molar-refractivity contribution in [3.63, 3.8) is 0 Å². The van der Waals surface area contributed by atoms with E-state index < -0.39 is 0 Å². The van der Waals surface area contributed by atoms with E-state index in [2.05, 4.69) is 53.0 Å². The predicted octanol–water partition coefficient (Wildman–Crippen LogP) is 2.45. The number of hydrogen-bond donors (Lipinski definition) is 0. The summed E-state index contributed by atoms with van der Waals surface area (Å²) in [6.07, 6.45) is 2.10. The first-order chi connectivity index (χ1) is 5.75. The summed E-state index contributed by atoms with van der Waals surface area (Å²) in [5.41, 5.74) is 1.38. The third kappa shape index (κ3) is 2.48. The van der Waals surface area contributed by atoms with E-state index in [-0.39, 0.29) is 0 Å². The summed E-state index contributed by atoms with van der Waals surface area (Å²) in [5, 5.41) is 0. The van der Waals surface area contributed by atoms with Crippen molar-refractivity contribution in [2.75, 3.05) is 6.26 Å². The van der Waals surface area contributed by atoms with Crippen LogP contribution in [0.5, 0.6) is 0 Å². The van der Waals surface area contributed by atoms with Crippen LogP contribution in [0.25, 0.3) is 0 Å². The number of thioether (sulfide) groups is 1. The first kappa shape index (κ1) is 10.0. The van der Waals surface area contributed by atoms with Crippen molar-refractivity contribution in [3.05, 3.63) is 35.9 Å². The molecule has 0 bridgehead atoms. The zero-order valence-corrected chi connectivity index (χ0v) is 9.81. The zero-order chi connectivity index (χ0) is 8.97. The Balaban J connectivity index is 2.78. The third-order valence-electron chi connectivity index (χ3n) is 1.85. The minimum absolute atomic E-state index is 0.515. The van der Waals surface area contributed by atoms with Crippen LogP contribution < -0.4 is 0 Å². The van der Waals surface area contributed by atoms with Crippen molar-refractivity contribution in [1.82, 2.24) is 0 Å². The molecule has 0 nitrogen and oxygen atoms in total. The van der Waals surface area contributed by atoms with Crippen LogP contribution in [-0.2, 0) is 0 Å². The van der Waals surface area contributed by atoms with E-state index in [4.69, 9.17) is 0 Å². The molecule has 64 valence electrons. The van der Waals surface area contributed by atoms with E-state index in [1.54, 1.807) is 11.8 Å². The molecule has 0 radical (unpaired) electrons. The van der Waals surface area contributed by atoms with Gasteiger partial charge in [0.05, 0.1) is 0 Å². The van der Waals surface area contributed by atoms with Gasteiger partial charge in [-0.2, -0.15) is 0 Å². The van der Waals surface area contributed by atoms with E-state index in [0.717, 1.165) is 0 Å². The minimum atomic E-state index is 0.515. The summed E-state index contributed by atoms with van der Waals surface area (Å²) in [6.45, 7) is 2.22. The molecular weight excluding hydrogens is 231 g/mol. The molecule has 0 spiro atoms. The van der Waals surface area contributed by atoms with E-state index in [0.29, 0.717) is 5.92 Å². The number of hydrogen-bond acceptors (Lipinski definition) is 1. The first-order valence-electron chi connectivity index (χ1n) is 3.88. The van der Waals surface area contributed by atoms with Gasteiger partial charge < -0.3 is 0 Å². The Kier molecular flexibility index (Phi) is 4.07. The Morgan fingerprint density at radius 2 is 1.92 bits per heavy atom. The molecular formula is C10H12SSe. The number of benzene rings is 1. The maximum absolute atomic E-state index is 3.10. The fraction of sp³-hybridized carbons (Fsp3) is 0.300. The van der Waals surface area contributed by atoms with Crippen molar-refractivity contribution in [2.24, 2.45) is 0 Å². The van der Waals surface area contributed by atoms with Crippen molar-refractivity contribution in [3.8, 4) is 0 Å². The molecule has 0 aliphatic carbocycles. The van der Waals surface area contributed by atoms with Crippen molar-refractivity contribution in [1.29, 1.82) is 0 Å². The molecule has 0 fully saturated rings. The molecule has 0 heterocycles. The predicted molar refractivity (Wildman–Crippen MR) is 59.1 cm³/mol. The summed E-state index contributed by atoms with van der Waals surface area (Å²) in [7, 11) is 0. The van der Waals surface area contributed by atoms with Crippen molar-refractivity contribution in [2.45, 2.75) is 12.8 Å². The van der Waals surface area contributed by atoms with E-state index in [1.807, 2.05) is 6.07 Å². The molecule has 12 heavy (non-hydrogen) atoms. The SMILES string of the molecule is CSC(=[Se])C(C)c1ccccc1. The molecule has 1 unspecified atom stereocenters. The fourth-order valence-electron chi connectivity index (χ4n) is 1.05. The Morgan fingerprint density at radius 3 is 2.42 bits per heavy atom. The Hall–Kier alpha value is -0.0405. The molecule has 1 aromatic carbocycles. The zero-order valence-electron chi connectivity index (χ0n) is 7.28. The molecule has 0 saturated heterocycles. The third-order valence-corrected chi connectivity index (χ3v) is 4.40. The summed E-state index contributed by atoms with van der Waals surface area (Å²) in [4.78, 5) is 0. The molecule has 0 amide bonds. The van der Waals surface area contributed by atoms with Gasteiger partial charge in [0.2, 0.25) is 0 Å². The molecule has 1 atom stereocenters. The van der Waals surface area contributed by atoms with Crippen LogP contribution >= 0.6 is 11.8 Å². The Bertz CT molecular complexity index is 256. The van der Waals surface area contributed by atoms with Crippen LogP contribution in [0.4, 0.5) is 0 Å². The van der Waals surface area contributed by atoms with Crippen molar-refractivity contribution >= 4 is 31.1 Å². The average Bonchev–Trinajstić information content (AvgIpc) is 2.17. The molecule has 0 aromatic heterocycles. The van der Waals surface area contributed by atoms with Crippen LogP contribution in [0.3, 0.4) is 0 Å². The molecule has 0 saturated carbocycles. The van der Waals surface area contributed by atoms with Gasteiger partial charge in [-0.05, 0) is 0 Å². The standard InChI is InChI=1S/C10H12SSe/c1-8(10(12)11-2)9-6-4-3-5-7-9/h3-8H,1-2H3. The van der Waals surface area contributed by atoms with E-state index >= 15 is 0 Å². The second kappa shape index (κ2) is 4.86. The summed E-state index contributed by atoms with van der Waals surface area (Å²) in [5.74, 6) is 0.515. The summed E-state index contributed by atoms with van der Waals surface area (Å²) < 4.78 is 1.35. The monoisotopic (exact) mass is 244 g/mol. The topological polar surface area (TPSA) is 0 Å². The summed E-state index contributed by atoms with van der Waals surface area (Å²) in [6, 6.07) is 10.5. The van der Waals surface area contributed by atoms with Crippen LogP contribution in [0, 0.1) is 0 Å². The molecule has 2 heteroatoms. The van der Waals surface area contributed by atoms with Crippen LogP contribution in [-0.4, -0.2) is 25.6 Å². The van der Waals surface area contributed by atoms with Gasteiger partial charge in [-0.25, -0.2) is 0 Å². The van der Waals surface area contributed by atoms with E-state index in [1.165, 1.54) is 9.31 Å². The Morgan fingerprint density at radius 1 is 1.33 bits per heavy atom. The fourth-order valence-corrected chi connectivity index (χ4v) is 1.83. The molecule has 0 N–H and O–H groups in total. The number of rotatable bonds is 3. The average molecular weight is 243 g/mol. The van der Waals surface area contributed by atoms with Gasteiger partial charge in [0.15, 0.2) is 0 Å². The second-order valence-corrected chi connectivity index (χ2v) is 5.01. The summed E-state index contributed by atoms with van der Waals surface area (Å²) >= 11 is 4.89. The van der Waals surface area contributed by atoms with Gasteiger partial charge in [-0.15, -0.1) is 0 Å². The van der Waals surface area contributed by atoms with Gasteiger partial charge in [-0.3, -0.25) is 0 Å². The van der Waals surface area contributed by atoms with Gasteiger partial charge in [0.1, 0.15) is 0 Å². The van der Waals surface area contributed by atoms with Gasteiger partial charge in [0, 0.05) is 0 Å². The van der Waals surface area contributed by atoms with E-state index in [9.17, 15) is 0 Å². The quantitative estimate of drug-likeness (QED) is 0.735. The maximum atomic E-state index is 3.10. The first-order valence-corrected chi connectivity index (χ1v) is 5.96. The van der Waals surface area contributed by atoms with Crippen molar-refractivity contribution < 1.29 is 0 Å². The normalized spacial score (nSPS) is 12.5. The van der Waals surface area contributed by atoms with Crippen LogP contribution in [0.1, 0.15) is 18.4 Å². The van der Waals surface area contributed by atoms with Gasteiger partial charge in [0.25, 0.3) is 0 Å².